The third kappa shape index (κ3) is 3.28. The van der Waals surface area contributed by atoms with Gasteiger partial charge in [-0.25, -0.2) is 15.0 Å². The Hall–Kier alpha value is -2.18. The highest BCUT2D eigenvalue weighted by atomic mass is 35.5. The molecule has 6 nitrogen and oxygen atoms in total. The molecular weight excluding hydrogens is 360 g/mol. The maximum absolute atomic E-state index is 4.55. The highest BCUT2D eigenvalue weighted by Gasteiger charge is 2.36. The first-order valence-electron chi connectivity index (χ1n) is 9.57. The zero-order valence-corrected chi connectivity index (χ0v) is 16.1. The van der Waals surface area contributed by atoms with E-state index < -0.39 is 0 Å². The van der Waals surface area contributed by atoms with Gasteiger partial charge in [0.25, 0.3) is 0 Å². The van der Waals surface area contributed by atoms with Crippen molar-refractivity contribution in [1.29, 1.82) is 0 Å². The Balaban J connectivity index is 0.00000180. The number of halogens is 1. The van der Waals surface area contributed by atoms with Gasteiger partial charge in [0.2, 0.25) is 0 Å². The standard InChI is InChI=1S/C20H24N6.ClH/c1-2-8-25-20(6-1)7-3-11-26(13-20)17-5-10-22-19-18(17)15(12-23-19)16-4-9-21-14-24-16;/h4-5,9-10,12,14,25H,1-3,6-8,11,13H2,(H,22,23);1H. The summed E-state index contributed by atoms with van der Waals surface area (Å²) in [6.07, 6.45) is 13.7. The number of nitrogens with one attached hydrogen (secondary N) is 2. The largest absolute Gasteiger partial charge is 0.369 e. The van der Waals surface area contributed by atoms with Crippen LogP contribution in [0.4, 0.5) is 5.69 Å². The lowest BCUT2D eigenvalue weighted by Gasteiger charge is -2.47. The van der Waals surface area contributed by atoms with Gasteiger partial charge in [-0.3, -0.25) is 0 Å². The van der Waals surface area contributed by atoms with Crippen LogP contribution in [0.25, 0.3) is 22.3 Å². The number of hydrogen-bond donors (Lipinski definition) is 2. The zero-order chi connectivity index (χ0) is 17.4. The summed E-state index contributed by atoms with van der Waals surface area (Å²) in [6, 6.07) is 4.11. The molecule has 1 atom stereocenters. The van der Waals surface area contributed by atoms with Gasteiger partial charge in [-0.05, 0) is 44.4 Å². The van der Waals surface area contributed by atoms with Crippen LogP contribution >= 0.6 is 12.4 Å². The lowest BCUT2D eigenvalue weighted by molar-refractivity contribution is 0.216. The number of H-pyrrole nitrogens is 1. The van der Waals surface area contributed by atoms with Crippen LogP contribution in [0.5, 0.6) is 0 Å². The van der Waals surface area contributed by atoms with E-state index in [0.29, 0.717) is 0 Å². The molecule has 27 heavy (non-hydrogen) atoms. The molecule has 2 fully saturated rings. The summed E-state index contributed by atoms with van der Waals surface area (Å²) in [4.78, 5) is 18.9. The Morgan fingerprint density at radius 2 is 1.96 bits per heavy atom. The average Bonchev–Trinajstić information content (AvgIpc) is 3.14. The summed E-state index contributed by atoms with van der Waals surface area (Å²) in [6.45, 7) is 3.31. The van der Waals surface area contributed by atoms with Gasteiger partial charge >= 0.3 is 0 Å². The first-order valence-corrected chi connectivity index (χ1v) is 9.57. The molecule has 1 unspecified atom stereocenters. The Kier molecular flexibility index (Phi) is 5.02. The average molecular weight is 385 g/mol. The SMILES string of the molecule is Cl.c1cc(-c2c[nH]c3nccc(N4CCCC5(CCCCN5)C4)c23)ncn1. The van der Waals surface area contributed by atoms with Gasteiger partial charge in [0.1, 0.15) is 12.0 Å². The zero-order valence-electron chi connectivity index (χ0n) is 15.3. The topological polar surface area (TPSA) is 69.7 Å². The molecule has 3 aromatic heterocycles. The minimum Gasteiger partial charge on any atom is -0.369 e. The van der Waals surface area contributed by atoms with Crippen LogP contribution in [0.15, 0.2) is 37.1 Å². The van der Waals surface area contributed by atoms with Crippen molar-refractivity contribution in [3.8, 4) is 11.3 Å². The molecule has 0 aromatic carbocycles. The van der Waals surface area contributed by atoms with Crippen molar-refractivity contribution in [2.45, 2.75) is 37.6 Å². The number of piperidine rings is 2. The minimum absolute atomic E-state index is 0. The lowest BCUT2D eigenvalue weighted by atomic mass is 9.81. The Morgan fingerprint density at radius 1 is 1.04 bits per heavy atom. The van der Waals surface area contributed by atoms with E-state index in [4.69, 9.17) is 0 Å². The second-order valence-electron chi connectivity index (χ2n) is 7.54. The molecule has 0 bridgehead atoms. The van der Waals surface area contributed by atoms with Crippen LogP contribution in [0.1, 0.15) is 32.1 Å². The highest BCUT2D eigenvalue weighted by molar-refractivity contribution is 6.01. The quantitative estimate of drug-likeness (QED) is 0.707. The normalized spacial score (nSPS) is 22.7. The maximum Gasteiger partial charge on any atom is 0.140 e. The fourth-order valence-electron chi connectivity index (χ4n) is 4.67. The van der Waals surface area contributed by atoms with Crippen molar-refractivity contribution >= 4 is 29.1 Å². The van der Waals surface area contributed by atoms with Crippen LogP contribution < -0.4 is 10.2 Å². The second-order valence-corrected chi connectivity index (χ2v) is 7.54. The molecule has 7 heteroatoms. The summed E-state index contributed by atoms with van der Waals surface area (Å²) < 4.78 is 0. The number of fused-ring (bicyclic) bond motifs is 1. The third-order valence-electron chi connectivity index (χ3n) is 5.91. The Labute approximate surface area is 165 Å². The molecule has 5 heterocycles. The molecule has 2 N–H and O–H groups in total. The fraction of sp³-hybridized carbons (Fsp3) is 0.450. The van der Waals surface area contributed by atoms with Crippen molar-refractivity contribution in [3.63, 3.8) is 0 Å². The number of aromatic nitrogens is 4. The van der Waals surface area contributed by atoms with E-state index in [2.05, 4.69) is 36.2 Å². The summed E-state index contributed by atoms with van der Waals surface area (Å²) in [7, 11) is 0. The van der Waals surface area contributed by atoms with Gasteiger partial charge in [-0.2, -0.15) is 0 Å². The fourth-order valence-corrected chi connectivity index (χ4v) is 4.67. The molecule has 0 radical (unpaired) electrons. The molecule has 2 saturated heterocycles. The highest BCUT2D eigenvalue weighted by Crippen LogP contribution is 2.37. The monoisotopic (exact) mass is 384 g/mol. The van der Waals surface area contributed by atoms with Crippen LogP contribution in [0.2, 0.25) is 0 Å². The molecule has 0 amide bonds. The van der Waals surface area contributed by atoms with Crippen molar-refractivity contribution in [3.05, 3.63) is 37.1 Å². The number of hydrogen-bond acceptors (Lipinski definition) is 5. The van der Waals surface area contributed by atoms with Gasteiger partial charge in [0.15, 0.2) is 0 Å². The van der Waals surface area contributed by atoms with E-state index in [9.17, 15) is 0 Å². The van der Waals surface area contributed by atoms with E-state index in [0.717, 1.165) is 36.5 Å². The van der Waals surface area contributed by atoms with Crippen molar-refractivity contribution < 1.29 is 0 Å². The third-order valence-corrected chi connectivity index (χ3v) is 5.91. The minimum atomic E-state index is 0. The van der Waals surface area contributed by atoms with E-state index in [1.165, 1.54) is 43.2 Å². The van der Waals surface area contributed by atoms with E-state index in [1.54, 1.807) is 12.5 Å². The summed E-state index contributed by atoms with van der Waals surface area (Å²) in [5.41, 5.74) is 4.49. The molecule has 0 saturated carbocycles. The van der Waals surface area contributed by atoms with Gasteiger partial charge in [0.05, 0.1) is 16.8 Å². The molecule has 2 aliphatic rings. The van der Waals surface area contributed by atoms with Crippen molar-refractivity contribution in [1.82, 2.24) is 25.3 Å². The first-order chi connectivity index (χ1) is 12.8. The van der Waals surface area contributed by atoms with Crippen LogP contribution in [0.3, 0.4) is 0 Å². The predicted molar refractivity (Wildman–Crippen MR) is 110 cm³/mol. The molecular formula is C20H25ClN6. The van der Waals surface area contributed by atoms with Gasteiger partial charge in [0, 0.05) is 42.8 Å². The molecule has 1 spiro atoms. The molecule has 0 aliphatic carbocycles. The summed E-state index contributed by atoms with van der Waals surface area (Å²) >= 11 is 0. The Morgan fingerprint density at radius 3 is 2.78 bits per heavy atom. The van der Waals surface area contributed by atoms with Crippen molar-refractivity contribution in [2.24, 2.45) is 0 Å². The molecule has 5 rings (SSSR count). The van der Waals surface area contributed by atoms with Crippen molar-refractivity contribution in [2.75, 3.05) is 24.5 Å². The second kappa shape index (κ2) is 7.44. The maximum atomic E-state index is 4.55. The number of pyridine rings is 1. The van der Waals surface area contributed by atoms with E-state index >= 15 is 0 Å². The Bertz CT molecular complexity index is 898. The molecule has 2 aliphatic heterocycles. The predicted octanol–water partition coefficient (Wildman–Crippen LogP) is 3.55. The summed E-state index contributed by atoms with van der Waals surface area (Å²) in [5, 5.41) is 5.00. The number of aromatic amines is 1. The van der Waals surface area contributed by atoms with E-state index in [-0.39, 0.29) is 17.9 Å². The van der Waals surface area contributed by atoms with Crippen LogP contribution in [0, 0.1) is 0 Å². The van der Waals surface area contributed by atoms with Gasteiger partial charge in [-0.1, -0.05) is 6.42 Å². The lowest BCUT2D eigenvalue weighted by Crippen LogP contribution is -2.59. The van der Waals surface area contributed by atoms with Crippen LogP contribution in [-0.4, -0.2) is 45.1 Å². The van der Waals surface area contributed by atoms with E-state index in [1.807, 2.05) is 18.5 Å². The number of anilines is 1. The van der Waals surface area contributed by atoms with Crippen LogP contribution in [-0.2, 0) is 0 Å². The smallest absolute Gasteiger partial charge is 0.140 e. The summed E-state index contributed by atoms with van der Waals surface area (Å²) in [5.74, 6) is 0. The molecule has 142 valence electrons. The number of nitrogens with zero attached hydrogens (tertiary/aromatic N) is 4. The number of rotatable bonds is 2. The first kappa shape index (κ1) is 18.2. The molecule has 3 aromatic rings. The van der Waals surface area contributed by atoms with Gasteiger partial charge in [-0.15, -0.1) is 12.4 Å². The van der Waals surface area contributed by atoms with Gasteiger partial charge < -0.3 is 15.2 Å².